The average molecular weight is 477 g/mol. The van der Waals surface area contributed by atoms with Crippen LogP contribution in [0.25, 0.3) is 0 Å². The van der Waals surface area contributed by atoms with Crippen LogP contribution >= 0.6 is 46.6 Å². The third-order valence-electron chi connectivity index (χ3n) is 5.49. The number of piperidine rings is 1. The van der Waals surface area contributed by atoms with Gasteiger partial charge >= 0.3 is 0 Å². The van der Waals surface area contributed by atoms with Crippen molar-refractivity contribution in [2.45, 2.75) is 28.6 Å². The number of hydrogen-bond donors (Lipinski definition) is 0. The van der Waals surface area contributed by atoms with E-state index in [0.29, 0.717) is 21.5 Å². The first kappa shape index (κ1) is 21.7. The van der Waals surface area contributed by atoms with Gasteiger partial charge in [-0.3, -0.25) is 9.69 Å². The molecule has 1 saturated heterocycles. The number of Topliss-reactive ketones (excluding diaryl/α,β-unsaturated/α-hetero) is 1. The molecule has 0 bridgehead atoms. The van der Waals surface area contributed by atoms with Gasteiger partial charge in [-0.25, -0.2) is 0 Å². The summed E-state index contributed by atoms with van der Waals surface area (Å²) in [6, 6.07) is 22.7. The van der Waals surface area contributed by atoms with E-state index in [0.717, 1.165) is 16.0 Å². The molecule has 0 radical (unpaired) electrons. The van der Waals surface area contributed by atoms with Crippen LogP contribution in [0.15, 0.2) is 77.7 Å². The molecule has 154 valence electrons. The zero-order chi connectivity index (χ0) is 21.3. The van der Waals surface area contributed by atoms with Crippen LogP contribution in [-0.4, -0.2) is 23.0 Å². The Hall–Kier alpha value is -1.49. The molecule has 0 saturated carbocycles. The van der Waals surface area contributed by atoms with Crippen LogP contribution < -0.4 is 0 Å². The molecule has 0 spiro atoms. The molecule has 6 heteroatoms. The Morgan fingerprint density at radius 1 is 0.833 bits per heavy atom. The van der Waals surface area contributed by atoms with E-state index < -0.39 is 0 Å². The number of hydrogen-bond acceptors (Lipinski definition) is 3. The molecule has 2 nitrogen and oxygen atoms in total. The van der Waals surface area contributed by atoms with Gasteiger partial charge in [-0.2, -0.15) is 0 Å². The van der Waals surface area contributed by atoms with E-state index in [4.69, 9.17) is 34.8 Å². The molecular formula is C24H20Cl3NOS. The summed E-state index contributed by atoms with van der Waals surface area (Å²) in [7, 11) is 2.05. The number of ketones is 1. The fraction of sp³-hybridized carbons (Fsp3) is 0.208. The highest BCUT2D eigenvalue weighted by atomic mass is 35.5. The van der Waals surface area contributed by atoms with Crippen molar-refractivity contribution in [1.82, 2.24) is 4.90 Å². The molecule has 0 N–H and O–H groups in total. The minimum atomic E-state index is -0.296. The van der Waals surface area contributed by atoms with Crippen molar-refractivity contribution in [3.63, 3.8) is 0 Å². The second-order valence-corrected chi connectivity index (χ2v) is 9.80. The molecule has 4 rings (SSSR count). The van der Waals surface area contributed by atoms with Gasteiger partial charge in [0.2, 0.25) is 0 Å². The minimum absolute atomic E-state index is 0.116. The number of thioether (sulfide) groups is 1. The number of rotatable bonds is 4. The summed E-state index contributed by atoms with van der Waals surface area (Å²) in [6.07, 6.45) is 0.395. The normalized spacial score (nSPS) is 22.3. The molecule has 3 unspecified atom stereocenters. The molecule has 3 atom stereocenters. The van der Waals surface area contributed by atoms with Gasteiger partial charge in [-0.15, -0.1) is 11.8 Å². The van der Waals surface area contributed by atoms with E-state index in [9.17, 15) is 4.79 Å². The fourth-order valence-corrected chi connectivity index (χ4v) is 5.91. The first-order chi connectivity index (χ1) is 14.5. The van der Waals surface area contributed by atoms with E-state index in [1.54, 1.807) is 11.8 Å². The SMILES string of the molecule is CN1C(c2ccccc2Cl)CC(=O)C(Sc2ccc(Cl)cc2)C1c1ccccc1Cl. The predicted octanol–water partition coefficient (Wildman–Crippen LogP) is 7.49. The van der Waals surface area contributed by atoms with E-state index in [1.165, 1.54) is 0 Å². The molecule has 3 aromatic carbocycles. The molecule has 1 aliphatic rings. The predicted molar refractivity (Wildman–Crippen MR) is 127 cm³/mol. The zero-order valence-corrected chi connectivity index (χ0v) is 19.3. The van der Waals surface area contributed by atoms with E-state index in [1.807, 2.05) is 79.8 Å². The zero-order valence-electron chi connectivity index (χ0n) is 16.3. The summed E-state index contributed by atoms with van der Waals surface area (Å²) in [6.45, 7) is 0. The van der Waals surface area contributed by atoms with Crippen molar-refractivity contribution in [2.75, 3.05) is 7.05 Å². The van der Waals surface area contributed by atoms with Crippen LogP contribution in [0.2, 0.25) is 15.1 Å². The number of halogens is 3. The topological polar surface area (TPSA) is 20.3 Å². The number of benzene rings is 3. The Labute approximate surface area is 196 Å². The van der Waals surface area contributed by atoms with Crippen LogP contribution in [0.5, 0.6) is 0 Å². The van der Waals surface area contributed by atoms with Gasteiger partial charge in [0.1, 0.15) is 5.78 Å². The van der Waals surface area contributed by atoms with E-state index >= 15 is 0 Å². The molecule has 0 aromatic heterocycles. The van der Waals surface area contributed by atoms with Gasteiger partial charge in [-0.1, -0.05) is 71.2 Å². The maximum absolute atomic E-state index is 13.4. The summed E-state index contributed by atoms with van der Waals surface area (Å²) in [4.78, 5) is 16.7. The van der Waals surface area contributed by atoms with Gasteiger partial charge in [0.25, 0.3) is 0 Å². The van der Waals surface area contributed by atoms with Crippen LogP contribution in [0, 0.1) is 0 Å². The van der Waals surface area contributed by atoms with Crippen LogP contribution in [-0.2, 0) is 4.79 Å². The number of nitrogens with zero attached hydrogens (tertiary/aromatic N) is 1. The highest BCUT2D eigenvalue weighted by molar-refractivity contribution is 8.00. The molecule has 0 amide bonds. The summed E-state index contributed by atoms with van der Waals surface area (Å²) < 4.78 is 0. The molecule has 30 heavy (non-hydrogen) atoms. The van der Waals surface area contributed by atoms with Crippen LogP contribution in [0.3, 0.4) is 0 Å². The smallest absolute Gasteiger partial charge is 0.150 e. The third kappa shape index (κ3) is 4.42. The monoisotopic (exact) mass is 475 g/mol. The second kappa shape index (κ2) is 9.33. The first-order valence-corrected chi connectivity index (χ1v) is 11.6. The van der Waals surface area contributed by atoms with Gasteiger partial charge in [-0.05, 0) is 54.6 Å². The maximum Gasteiger partial charge on any atom is 0.150 e. The van der Waals surface area contributed by atoms with Gasteiger partial charge in [0.05, 0.1) is 11.3 Å². The van der Waals surface area contributed by atoms with Crippen molar-refractivity contribution in [3.05, 3.63) is 99.0 Å². The molecule has 0 aliphatic carbocycles. The Balaban J connectivity index is 1.76. The average Bonchev–Trinajstić information content (AvgIpc) is 2.74. The Morgan fingerprint density at radius 3 is 2.00 bits per heavy atom. The maximum atomic E-state index is 13.4. The van der Waals surface area contributed by atoms with Crippen molar-refractivity contribution in [2.24, 2.45) is 0 Å². The second-order valence-electron chi connectivity index (χ2n) is 7.33. The summed E-state index contributed by atoms with van der Waals surface area (Å²) in [5, 5.41) is 1.70. The van der Waals surface area contributed by atoms with E-state index in [2.05, 4.69) is 4.90 Å². The molecular weight excluding hydrogens is 457 g/mol. The highest BCUT2D eigenvalue weighted by Crippen LogP contribution is 2.47. The number of carbonyl (C=O) groups is 1. The van der Waals surface area contributed by atoms with Gasteiger partial charge in [0, 0.05) is 32.4 Å². The minimum Gasteiger partial charge on any atom is -0.298 e. The Kier molecular flexibility index (Phi) is 6.76. The summed E-state index contributed by atoms with van der Waals surface area (Å²) in [5.41, 5.74) is 1.90. The highest BCUT2D eigenvalue weighted by Gasteiger charge is 2.43. The Bertz CT molecular complexity index is 1060. The standard InChI is InChI=1S/C24H20Cl3NOS/c1-28-21(17-6-2-4-8-19(17)26)14-22(29)24(30-16-12-10-15(25)11-13-16)23(28)18-7-3-5-9-20(18)27/h2-13,21,23-24H,14H2,1H3. The molecule has 1 fully saturated rings. The number of carbonyl (C=O) groups excluding carboxylic acids is 1. The lowest BCUT2D eigenvalue weighted by atomic mass is 9.87. The number of likely N-dealkylation sites (tertiary alicyclic amines) is 1. The van der Waals surface area contributed by atoms with Gasteiger partial charge in [0.15, 0.2) is 0 Å². The first-order valence-electron chi connectivity index (χ1n) is 9.61. The molecule has 3 aromatic rings. The fourth-order valence-electron chi connectivity index (χ4n) is 4.00. The van der Waals surface area contributed by atoms with Crippen LogP contribution in [0.1, 0.15) is 29.6 Å². The lowest BCUT2D eigenvalue weighted by molar-refractivity contribution is -0.124. The van der Waals surface area contributed by atoms with Crippen molar-refractivity contribution < 1.29 is 4.79 Å². The third-order valence-corrected chi connectivity index (χ3v) is 7.75. The van der Waals surface area contributed by atoms with Crippen molar-refractivity contribution in [1.29, 1.82) is 0 Å². The molecule has 1 heterocycles. The van der Waals surface area contributed by atoms with E-state index in [-0.39, 0.29) is 23.1 Å². The summed E-state index contributed by atoms with van der Waals surface area (Å²) >= 11 is 20.7. The lowest BCUT2D eigenvalue weighted by Gasteiger charge is -2.44. The molecule has 1 aliphatic heterocycles. The van der Waals surface area contributed by atoms with Crippen molar-refractivity contribution in [3.8, 4) is 0 Å². The van der Waals surface area contributed by atoms with Gasteiger partial charge < -0.3 is 0 Å². The largest absolute Gasteiger partial charge is 0.298 e. The van der Waals surface area contributed by atoms with Crippen molar-refractivity contribution >= 4 is 52.3 Å². The lowest BCUT2D eigenvalue weighted by Crippen LogP contribution is -2.45. The Morgan fingerprint density at radius 2 is 1.40 bits per heavy atom. The quantitative estimate of drug-likeness (QED) is 0.389. The van der Waals surface area contributed by atoms with Crippen LogP contribution in [0.4, 0.5) is 0 Å². The summed E-state index contributed by atoms with van der Waals surface area (Å²) in [5.74, 6) is 0.183.